The van der Waals surface area contributed by atoms with Crippen molar-refractivity contribution in [3.8, 4) is 28.4 Å². The minimum absolute atomic E-state index is 0.0139. The Kier molecular flexibility index (Phi) is 7.71. The first-order chi connectivity index (χ1) is 17.5. The van der Waals surface area contributed by atoms with E-state index in [1.165, 1.54) is 37.3 Å². The van der Waals surface area contributed by atoms with Crippen molar-refractivity contribution >= 4 is 0 Å². The number of para-hydroxylation sites is 1. The van der Waals surface area contributed by atoms with Gasteiger partial charge in [-0.1, -0.05) is 31.5 Å². The molecule has 0 aromatic heterocycles. The van der Waals surface area contributed by atoms with Crippen LogP contribution in [0.3, 0.4) is 0 Å². The zero-order valence-electron chi connectivity index (χ0n) is 20.2. The summed E-state index contributed by atoms with van der Waals surface area (Å²) in [5.41, 5.74) is 0.0749. The van der Waals surface area contributed by atoms with Crippen molar-refractivity contribution < 1.29 is 40.2 Å². The third kappa shape index (κ3) is 5.86. The average Bonchev–Trinajstić information content (AvgIpc) is 2.84. The molecule has 9 heteroatoms. The minimum Gasteiger partial charge on any atom is -0.453 e. The Balaban J connectivity index is 1.70. The van der Waals surface area contributed by atoms with E-state index in [9.17, 15) is 26.3 Å². The molecule has 0 heterocycles. The van der Waals surface area contributed by atoms with Crippen LogP contribution < -0.4 is 9.47 Å². The highest BCUT2D eigenvalue weighted by Gasteiger charge is 2.34. The summed E-state index contributed by atoms with van der Waals surface area (Å²) in [6, 6.07) is 8.41. The van der Waals surface area contributed by atoms with Crippen molar-refractivity contribution in [1.82, 2.24) is 0 Å². The molecule has 0 radical (unpaired) electrons. The van der Waals surface area contributed by atoms with E-state index in [2.05, 4.69) is 11.7 Å². The molecule has 3 aromatic carbocycles. The van der Waals surface area contributed by atoms with Crippen LogP contribution in [0.2, 0.25) is 0 Å². The molecule has 0 atom stereocenters. The van der Waals surface area contributed by atoms with Crippen LogP contribution >= 0.6 is 0 Å². The van der Waals surface area contributed by atoms with E-state index in [0.717, 1.165) is 19.3 Å². The van der Waals surface area contributed by atoms with Crippen LogP contribution in [-0.4, -0.2) is 6.36 Å². The van der Waals surface area contributed by atoms with Gasteiger partial charge >= 0.3 is 6.36 Å². The number of benzene rings is 3. The number of rotatable bonds is 6. The van der Waals surface area contributed by atoms with Gasteiger partial charge in [0, 0.05) is 11.1 Å². The summed E-state index contributed by atoms with van der Waals surface area (Å²) < 4.78 is 106. The van der Waals surface area contributed by atoms with Gasteiger partial charge in [0.15, 0.2) is 23.2 Å². The Bertz CT molecular complexity index is 1260. The first-order valence-electron chi connectivity index (χ1n) is 12.0. The van der Waals surface area contributed by atoms with Gasteiger partial charge in [-0.2, -0.15) is 0 Å². The monoisotopic (exact) mass is 526 g/mol. The number of hydrogen-bond donors (Lipinski definition) is 0. The molecule has 0 saturated heterocycles. The van der Waals surface area contributed by atoms with E-state index in [-0.39, 0.29) is 39.7 Å². The van der Waals surface area contributed by atoms with Gasteiger partial charge in [-0.3, -0.25) is 0 Å². The lowest BCUT2D eigenvalue weighted by Crippen LogP contribution is -2.19. The molecule has 2 nitrogen and oxygen atoms in total. The number of hydrogen-bond acceptors (Lipinski definition) is 2. The Hall–Kier alpha value is -3.23. The van der Waals surface area contributed by atoms with Crippen LogP contribution in [0.15, 0.2) is 42.5 Å². The number of halogens is 7. The summed E-state index contributed by atoms with van der Waals surface area (Å²) in [6.07, 6.45) is -1.22. The van der Waals surface area contributed by atoms with Crippen LogP contribution in [-0.2, 0) is 0 Å². The normalized spacial score (nSPS) is 18.1. The maximum atomic E-state index is 15.7. The average molecular weight is 526 g/mol. The Morgan fingerprint density at radius 1 is 0.838 bits per heavy atom. The third-order valence-electron chi connectivity index (χ3n) is 6.85. The third-order valence-corrected chi connectivity index (χ3v) is 6.85. The predicted molar refractivity (Wildman–Crippen MR) is 125 cm³/mol. The second-order valence-electron chi connectivity index (χ2n) is 9.27. The van der Waals surface area contributed by atoms with Crippen molar-refractivity contribution in [2.45, 2.75) is 58.2 Å². The molecular weight excluding hydrogens is 501 g/mol. The molecule has 3 aromatic rings. The van der Waals surface area contributed by atoms with E-state index in [1.807, 2.05) is 0 Å². The SMILES string of the molecule is CCC1CCC(c2c(F)cc(C)c(Oc3ccccc3-c3cc(F)c(OC(F)(F)F)c(F)c3)c2F)CC1. The topological polar surface area (TPSA) is 18.5 Å². The first kappa shape index (κ1) is 26.8. The molecule has 4 rings (SSSR count). The molecule has 0 spiro atoms. The van der Waals surface area contributed by atoms with Gasteiger partial charge in [-0.25, -0.2) is 17.6 Å². The van der Waals surface area contributed by atoms with Gasteiger partial charge < -0.3 is 9.47 Å². The summed E-state index contributed by atoms with van der Waals surface area (Å²) in [5, 5.41) is 0. The van der Waals surface area contributed by atoms with Gasteiger partial charge in [0.2, 0.25) is 5.75 Å². The van der Waals surface area contributed by atoms with Crippen LogP contribution in [0.25, 0.3) is 11.1 Å². The number of aryl methyl sites for hydroxylation is 1. The molecule has 1 saturated carbocycles. The molecule has 0 aliphatic heterocycles. The van der Waals surface area contributed by atoms with Gasteiger partial charge in [-0.15, -0.1) is 13.2 Å². The minimum atomic E-state index is -5.28. The second kappa shape index (κ2) is 10.6. The van der Waals surface area contributed by atoms with E-state index >= 15 is 4.39 Å². The summed E-state index contributed by atoms with van der Waals surface area (Å²) >= 11 is 0. The highest BCUT2D eigenvalue weighted by atomic mass is 19.4. The summed E-state index contributed by atoms with van der Waals surface area (Å²) in [4.78, 5) is 0. The van der Waals surface area contributed by atoms with Crippen LogP contribution in [0.5, 0.6) is 17.2 Å². The Morgan fingerprint density at radius 3 is 2.05 bits per heavy atom. The molecule has 1 fully saturated rings. The van der Waals surface area contributed by atoms with Crippen LogP contribution in [0.4, 0.5) is 30.7 Å². The lowest BCUT2D eigenvalue weighted by Gasteiger charge is -2.29. The summed E-state index contributed by atoms with van der Waals surface area (Å²) in [7, 11) is 0. The van der Waals surface area contributed by atoms with Crippen molar-refractivity contribution in [3.63, 3.8) is 0 Å². The number of ether oxygens (including phenoxy) is 2. The standard InChI is InChI=1S/C28H25F7O2/c1-3-16-8-10-17(11-9-16)24-20(29)12-15(2)26(25(24)32)36-23-7-5-4-6-19(23)18-13-21(30)27(22(31)14-18)37-28(33,34)35/h4-7,12-14,16-17H,3,8-11H2,1-2H3. The van der Waals surface area contributed by atoms with Crippen molar-refractivity contribution in [1.29, 1.82) is 0 Å². The van der Waals surface area contributed by atoms with E-state index < -0.39 is 35.4 Å². The van der Waals surface area contributed by atoms with Crippen molar-refractivity contribution in [2.24, 2.45) is 5.92 Å². The maximum Gasteiger partial charge on any atom is 0.573 e. The predicted octanol–water partition coefficient (Wildman–Crippen LogP) is 9.59. The van der Waals surface area contributed by atoms with Crippen LogP contribution in [0, 0.1) is 36.1 Å². The summed E-state index contributed by atoms with van der Waals surface area (Å²) in [6.45, 7) is 3.57. The lowest BCUT2D eigenvalue weighted by molar-refractivity contribution is -0.276. The van der Waals surface area contributed by atoms with Crippen molar-refractivity contribution in [3.05, 3.63) is 76.9 Å². The zero-order chi connectivity index (χ0) is 26.9. The van der Waals surface area contributed by atoms with Crippen LogP contribution in [0.1, 0.15) is 56.1 Å². The molecule has 0 N–H and O–H groups in total. The van der Waals surface area contributed by atoms with Gasteiger partial charge in [0.25, 0.3) is 0 Å². The molecule has 198 valence electrons. The second-order valence-corrected chi connectivity index (χ2v) is 9.27. The lowest BCUT2D eigenvalue weighted by atomic mass is 9.77. The highest BCUT2D eigenvalue weighted by Crippen LogP contribution is 2.44. The molecule has 0 amide bonds. The molecule has 0 unspecified atom stereocenters. The smallest absolute Gasteiger partial charge is 0.453 e. The van der Waals surface area contributed by atoms with Gasteiger partial charge in [-0.05, 0) is 79.8 Å². The zero-order valence-corrected chi connectivity index (χ0v) is 20.2. The quantitative estimate of drug-likeness (QED) is 0.298. The Labute approximate surface area is 210 Å². The fraction of sp³-hybridized carbons (Fsp3) is 0.357. The van der Waals surface area contributed by atoms with E-state index in [1.54, 1.807) is 0 Å². The molecule has 0 bridgehead atoms. The largest absolute Gasteiger partial charge is 0.573 e. The maximum absolute atomic E-state index is 15.7. The van der Waals surface area contributed by atoms with Crippen molar-refractivity contribution in [2.75, 3.05) is 0 Å². The number of alkyl halides is 3. The first-order valence-corrected chi connectivity index (χ1v) is 12.0. The molecule has 1 aliphatic rings. The van der Waals surface area contributed by atoms with Gasteiger partial charge in [0.05, 0.1) is 0 Å². The fourth-order valence-electron chi connectivity index (χ4n) is 4.93. The highest BCUT2D eigenvalue weighted by molar-refractivity contribution is 5.72. The summed E-state index contributed by atoms with van der Waals surface area (Å²) in [5.74, 6) is -6.22. The Morgan fingerprint density at radius 2 is 1.46 bits per heavy atom. The molecule has 37 heavy (non-hydrogen) atoms. The van der Waals surface area contributed by atoms with Gasteiger partial charge in [0.1, 0.15) is 11.6 Å². The molecule has 1 aliphatic carbocycles. The molecular formula is C28H25F7O2. The van der Waals surface area contributed by atoms with E-state index in [0.29, 0.717) is 30.9 Å². The van der Waals surface area contributed by atoms with E-state index in [4.69, 9.17) is 4.74 Å². The fourth-order valence-corrected chi connectivity index (χ4v) is 4.93.